The molecule has 0 radical (unpaired) electrons. The second-order valence-electron chi connectivity index (χ2n) is 5.41. The van der Waals surface area contributed by atoms with E-state index in [4.69, 9.17) is 0 Å². The zero-order valence-corrected chi connectivity index (χ0v) is 11.4. The fourth-order valence-corrected chi connectivity index (χ4v) is 2.89. The summed E-state index contributed by atoms with van der Waals surface area (Å²) in [5.74, 6) is -1.10. The first-order chi connectivity index (χ1) is 9.00. The van der Waals surface area contributed by atoms with Crippen LogP contribution in [0.4, 0.5) is 4.79 Å². The maximum Gasteiger partial charge on any atom is 0.325 e. The van der Waals surface area contributed by atoms with E-state index in [9.17, 15) is 14.4 Å². The molecule has 1 saturated heterocycles. The number of hydrogen-bond acceptors (Lipinski definition) is 4. The van der Waals surface area contributed by atoms with E-state index in [2.05, 4.69) is 10.1 Å². The van der Waals surface area contributed by atoms with Gasteiger partial charge in [0.15, 0.2) is 0 Å². The molecular weight excluding hydrogens is 248 g/mol. The molecule has 1 atom stereocenters. The lowest BCUT2D eigenvalue weighted by Crippen LogP contribution is -2.48. The van der Waals surface area contributed by atoms with Gasteiger partial charge < -0.3 is 10.1 Å². The average molecular weight is 268 g/mol. The van der Waals surface area contributed by atoms with Crippen molar-refractivity contribution in [3.8, 4) is 0 Å². The Morgan fingerprint density at radius 2 is 2.00 bits per heavy atom. The Hall–Kier alpha value is -1.59. The summed E-state index contributed by atoms with van der Waals surface area (Å²) in [6.45, 7) is 1.73. The van der Waals surface area contributed by atoms with Crippen molar-refractivity contribution in [3.63, 3.8) is 0 Å². The number of hydrogen-bond donors (Lipinski definition) is 1. The molecule has 1 heterocycles. The van der Waals surface area contributed by atoms with E-state index in [1.54, 1.807) is 6.92 Å². The van der Waals surface area contributed by atoms with Crippen molar-refractivity contribution in [1.82, 2.24) is 10.2 Å². The highest BCUT2D eigenvalue weighted by Crippen LogP contribution is 2.33. The first kappa shape index (κ1) is 13.8. The molecule has 0 aromatic carbocycles. The van der Waals surface area contributed by atoms with Gasteiger partial charge in [0.2, 0.25) is 0 Å². The first-order valence-corrected chi connectivity index (χ1v) is 6.72. The molecule has 106 valence electrons. The number of nitrogens with zero attached hydrogens (tertiary/aromatic N) is 1. The number of esters is 1. The fraction of sp³-hybridized carbons (Fsp3) is 0.769. The highest BCUT2D eigenvalue weighted by molar-refractivity contribution is 6.07. The van der Waals surface area contributed by atoms with Gasteiger partial charge in [0.1, 0.15) is 5.54 Å². The van der Waals surface area contributed by atoms with Crippen molar-refractivity contribution in [3.05, 3.63) is 0 Å². The number of methoxy groups -OCH3 is 1. The molecule has 1 spiro atoms. The van der Waals surface area contributed by atoms with Crippen LogP contribution in [0.15, 0.2) is 0 Å². The van der Waals surface area contributed by atoms with E-state index < -0.39 is 17.4 Å². The van der Waals surface area contributed by atoms with Crippen LogP contribution in [0.1, 0.15) is 39.0 Å². The lowest BCUT2D eigenvalue weighted by atomic mass is 9.81. The standard InChI is InChI=1S/C13H20N2O4/c1-9(10(16)19-2)8-15-11(17)13(14-12(15)18)6-4-3-5-7-13/h9H,3-8H2,1-2H3,(H,14,18). The van der Waals surface area contributed by atoms with Crippen LogP contribution in [0.3, 0.4) is 0 Å². The smallest absolute Gasteiger partial charge is 0.325 e. The molecule has 2 rings (SSSR count). The van der Waals surface area contributed by atoms with Crippen LogP contribution >= 0.6 is 0 Å². The summed E-state index contributed by atoms with van der Waals surface area (Å²) in [5.41, 5.74) is -0.717. The Kier molecular flexibility index (Phi) is 3.78. The molecule has 2 fully saturated rings. The van der Waals surface area contributed by atoms with Gasteiger partial charge in [0, 0.05) is 6.54 Å². The number of nitrogens with one attached hydrogen (secondary N) is 1. The van der Waals surface area contributed by atoms with Gasteiger partial charge in [-0.1, -0.05) is 26.2 Å². The molecular formula is C13H20N2O4. The molecule has 1 unspecified atom stereocenters. The highest BCUT2D eigenvalue weighted by Gasteiger charge is 2.51. The quantitative estimate of drug-likeness (QED) is 0.613. The van der Waals surface area contributed by atoms with Gasteiger partial charge in [-0.3, -0.25) is 14.5 Å². The summed E-state index contributed by atoms with van der Waals surface area (Å²) in [5, 5.41) is 2.82. The summed E-state index contributed by atoms with van der Waals surface area (Å²) in [6, 6.07) is -0.386. The van der Waals surface area contributed by atoms with Crippen molar-refractivity contribution in [2.45, 2.75) is 44.6 Å². The molecule has 0 aromatic heterocycles. The van der Waals surface area contributed by atoms with E-state index in [1.165, 1.54) is 7.11 Å². The van der Waals surface area contributed by atoms with E-state index in [0.29, 0.717) is 12.8 Å². The Balaban J connectivity index is 2.08. The predicted octanol–water partition coefficient (Wildman–Crippen LogP) is 1.05. The maximum atomic E-state index is 12.4. The predicted molar refractivity (Wildman–Crippen MR) is 67.2 cm³/mol. The number of rotatable bonds is 3. The molecule has 6 nitrogen and oxygen atoms in total. The number of ether oxygens (including phenoxy) is 1. The molecule has 2 aliphatic rings. The molecule has 1 N–H and O–H groups in total. The normalized spacial score (nSPS) is 23.4. The van der Waals surface area contributed by atoms with Crippen molar-refractivity contribution < 1.29 is 19.1 Å². The molecule has 1 aliphatic carbocycles. The van der Waals surface area contributed by atoms with Crippen molar-refractivity contribution in [2.75, 3.05) is 13.7 Å². The summed E-state index contributed by atoms with van der Waals surface area (Å²) in [6.07, 6.45) is 4.39. The van der Waals surface area contributed by atoms with E-state index in [1.807, 2.05) is 0 Å². The third kappa shape index (κ3) is 2.43. The largest absolute Gasteiger partial charge is 0.469 e. The Labute approximate surface area is 112 Å². The Morgan fingerprint density at radius 3 is 2.58 bits per heavy atom. The molecule has 1 aliphatic heterocycles. The maximum absolute atomic E-state index is 12.4. The second kappa shape index (κ2) is 5.19. The minimum atomic E-state index is -0.717. The summed E-state index contributed by atoms with van der Waals surface area (Å²) in [4.78, 5) is 36.9. The van der Waals surface area contributed by atoms with Crippen molar-refractivity contribution in [1.29, 1.82) is 0 Å². The molecule has 0 aromatic rings. The first-order valence-electron chi connectivity index (χ1n) is 6.72. The lowest BCUT2D eigenvalue weighted by Gasteiger charge is -2.30. The number of carbonyl (C=O) groups excluding carboxylic acids is 3. The van der Waals surface area contributed by atoms with Crippen LogP contribution < -0.4 is 5.32 Å². The van der Waals surface area contributed by atoms with Gasteiger partial charge in [-0.25, -0.2) is 4.79 Å². The number of amides is 3. The van der Waals surface area contributed by atoms with Gasteiger partial charge in [-0.05, 0) is 12.8 Å². The number of imide groups is 1. The monoisotopic (exact) mass is 268 g/mol. The number of urea groups is 1. The minimum absolute atomic E-state index is 0.0824. The summed E-state index contributed by atoms with van der Waals surface area (Å²) < 4.78 is 4.62. The molecule has 19 heavy (non-hydrogen) atoms. The van der Waals surface area contributed by atoms with Crippen LogP contribution in [0.2, 0.25) is 0 Å². The van der Waals surface area contributed by atoms with E-state index >= 15 is 0 Å². The van der Waals surface area contributed by atoms with Gasteiger partial charge in [0.25, 0.3) is 5.91 Å². The van der Waals surface area contributed by atoms with Gasteiger partial charge >= 0.3 is 12.0 Å². The summed E-state index contributed by atoms with van der Waals surface area (Å²) >= 11 is 0. The second-order valence-corrected chi connectivity index (χ2v) is 5.41. The van der Waals surface area contributed by atoms with Crippen LogP contribution in [0.5, 0.6) is 0 Å². The lowest BCUT2D eigenvalue weighted by molar-refractivity contribution is -0.145. The molecule has 3 amide bonds. The summed E-state index contributed by atoms with van der Waals surface area (Å²) in [7, 11) is 1.30. The van der Waals surface area contributed by atoms with Crippen LogP contribution in [-0.2, 0) is 14.3 Å². The van der Waals surface area contributed by atoms with Crippen LogP contribution in [0.25, 0.3) is 0 Å². The van der Waals surface area contributed by atoms with Crippen LogP contribution in [0, 0.1) is 5.92 Å². The van der Waals surface area contributed by atoms with Gasteiger partial charge in [-0.15, -0.1) is 0 Å². The van der Waals surface area contributed by atoms with Crippen molar-refractivity contribution in [2.24, 2.45) is 5.92 Å². The SMILES string of the molecule is COC(=O)C(C)CN1C(=O)NC2(CCCCC2)C1=O. The highest BCUT2D eigenvalue weighted by atomic mass is 16.5. The van der Waals surface area contributed by atoms with Gasteiger partial charge in [-0.2, -0.15) is 0 Å². The third-order valence-electron chi connectivity index (χ3n) is 4.01. The van der Waals surface area contributed by atoms with E-state index in [0.717, 1.165) is 24.2 Å². The van der Waals surface area contributed by atoms with Crippen LogP contribution in [-0.4, -0.2) is 42.0 Å². The molecule has 1 saturated carbocycles. The van der Waals surface area contributed by atoms with Gasteiger partial charge in [0.05, 0.1) is 13.0 Å². The van der Waals surface area contributed by atoms with Crippen molar-refractivity contribution >= 4 is 17.9 Å². The fourth-order valence-electron chi connectivity index (χ4n) is 2.89. The molecule has 0 bridgehead atoms. The molecule has 6 heteroatoms. The zero-order valence-electron chi connectivity index (χ0n) is 11.4. The third-order valence-corrected chi connectivity index (χ3v) is 4.01. The average Bonchev–Trinajstić information content (AvgIpc) is 2.63. The van der Waals surface area contributed by atoms with E-state index in [-0.39, 0.29) is 18.5 Å². The zero-order chi connectivity index (χ0) is 14.0. The Bertz CT molecular complexity index is 401. The topological polar surface area (TPSA) is 75.7 Å². The number of carbonyl (C=O) groups is 3. The minimum Gasteiger partial charge on any atom is -0.469 e. The Morgan fingerprint density at radius 1 is 1.37 bits per heavy atom.